The zero-order valence-electron chi connectivity index (χ0n) is 10.6. The Hall–Kier alpha value is -1.09. The van der Waals surface area contributed by atoms with E-state index in [0.717, 1.165) is 5.56 Å². The number of nitrogens with zero attached hydrogens (tertiary/aromatic N) is 2. The van der Waals surface area contributed by atoms with E-state index in [-0.39, 0.29) is 17.9 Å². The molecule has 3 nitrogen and oxygen atoms in total. The van der Waals surface area contributed by atoms with Crippen LogP contribution in [0, 0.1) is 5.92 Å². The lowest BCUT2D eigenvalue weighted by molar-refractivity contribution is -0.136. The fraction of sp³-hybridized carbons (Fsp3) is 0.538. The first kappa shape index (κ1) is 14.0. The van der Waals surface area contributed by atoms with Crippen LogP contribution in [0.3, 0.4) is 0 Å². The topological polar surface area (TPSA) is 33.2 Å². The van der Waals surface area contributed by atoms with E-state index in [2.05, 4.69) is 4.98 Å². The van der Waals surface area contributed by atoms with E-state index in [1.807, 2.05) is 37.8 Å². The molecule has 1 amide bonds. The summed E-state index contributed by atoms with van der Waals surface area (Å²) in [6.45, 7) is 6.46. The first-order valence-corrected chi connectivity index (χ1v) is 6.35. The monoisotopic (exact) mass is 254 g/mol. The summed E-state index contributed by atoms with van der Waals surface area (Å²) in [5, 5.41) is 0. The van der Waals surface area contributed by atoms with Gasteiger partial charge in [0.25, 0.3) is 0 Å². The van der Waals surface area contributed by atoms with Gasteiger partial charge in [0.1, 0.15) is 0 Å². The van der Waals surface area contributed by atoms with Crippen LogP contribution in [-0.2, 0) is 11.3 Å². The maximum Gasteiger partial charge on any atom is 0.227 e. The Morgan fingerprint density at radius 3 is 2.65 bits per heavy atom. The Bertz CT molecular complexity index is 354. The second-order valence-electron chi connectivity index (χ2n) is 4.48. The molecule has 1 aromatic heterocycles. The Kier molecular flexibility index (Phi) is 5.42. The van der Waals surface area contributed by atoms with Crippen molar-refractivity contribution in [2.24, 2.45) is 5.92 Å². The Morgan fingerprint density at radius 1 is 1.47 bits per heavy atom. The molecular weight excluding hydrogens is 236 g/mol. The molecule has 17 heavy (non-hydrogen) atoms. The minimum Gasteiger partial charge on any atom is -0.336 e. The number of alkyl halides is 1. The summed E-state index contributed by atoms with van der Waals surface area (Å²) in [5.74, 6) is 0.310. The zero-order chi connectivity index (χ0) is 12.8. The van der Waals surface area contributed by atoms with Crippen LogP contribution < -0.4 is 0 Å². The Labute approximate surface area is 108 Å². The molecule has 0 saturated heterocycles. The second-order valence-corrected chi connectivity index (χ2v) is 4.79. The van der Waals surface area contributed by atoms with Crippen LogP contribution in [-0.4, -0.2) is 27.7 Å². The molecule has 0 aliphatic rings. The molecule has 1 atom stereocenters. The fourth-order valence-electron chi connectivity index (χ4n) is 1.55. The molecule has 4 heteroatoms. The van der Waals surface area contributed by atoms with Crippen LogP contribution in [0.25, 0.3) is 0 Å². The van der Waals surface area contributed by atoms with Gasteiger partial charge in [0.2, 0.25) is 5.91 Å². The molecule has 0 fully saturated rings. The van der Waals surface area contributed by atoms with Crippen molar-refractivity contribution in [1.82, 2.24) is 9.88 Å². The van der Waals surface area contributed by atoms with E-state index >= 15 is 0 Å². The smallest absolute Gasteiger partial charge is 0.227 e. The second kappa shape index (κ2) is 6.60. The third-order valence-electron chi connectivity index (χ3n) is 2.64. The summed E-state index contributed by atoms with van der Waals surface area (Å²) in [6, 6.07) is 4.01. The van der Waals surface area contributed by atoms with Crippen LogP contribution in [0.5, 0.6) is 0 Å². The highest BCUT2D eigenvalue weighted by molar-refractivity contribution is 6.19. The number of hydrogen-bond acceptors (Lipinski definition) is 2. The first-order chi connectivity index (χ1) is 8.06. The minimum absolute atomic E-state index is 0.0962. The van der Waals surface area contributed by atoms with Gasteiger partial charge in [-0.25, -0.2) is 0 Å². The number of aromatic nitrogens is 1. The summed E-state index contributed by atoms with van der Waals surface area (Å²) in [7, 11) is 0. The van der Waals surface area contributed by atoms with E-state index in [1.165, 1.54) is 0 Å². The van der Waals surface area contributed by atoms with Crippen LogP contribution in [0.15, 0.2) is 24.5 Å². The first-order valence-electron chi connectivity index (χ1n) is 5.81. The van der Waals surface area contributed by atoms with Crippen molar-refractivity contribution in [1.29, 1.82) is 0 Å². The molecule has 0 spiro atoms. The van der Waals surface area contributed by atoms with Crippen molar-refractivity contribution in [2.75, 3.05) is 5.88 Å². The van der Waals surface area contributed by atoms with Crippen molar-refractivity contribution >= 4 is 17.5 Å². The molecule has 0 saturated carbocycles. The van der Waals surface area contributed by atoms with Gasteiger partial charge < -0.3 is 4.90 Å². The molecule has 1 heterocycles. The summed E-state index contributed by atoms with van der Waals surface area (Å²) in [5.41, 5.74) is 1.04. The van der Waals surface area contributed by atoms with Crippen molar-refractivity contribution < 1.29 is 4.79 Å². The molecule has 94 valence electrons. The van der Waals surface area contributed by atoms with Gasteiger partial charge in [-0.1, -0.05) is 13.0 Å². The van der Waals surface area contributed by atoms with Gasteiger partial charge in [-0.05, 0) is 25.5 Å². The molecule has 0 radical (unpaired) electrons. The third kappa shape index (κ3) is 4.00. The van der Waals surface area contributed by atoms with E-state index in [0.29, 0.717) is 12.4 Å². The average molecular weight is 255 g/mol. The maximum atomic E-state index is 12.1. The summed E-state index contributed by atoms with van der Waals surface area (Å²) >= 11 is 5.74. The van der Waals surface area contributed by atoms with Crippen molar-refractivity contribution in [2.45, 2.75) is 33.4 Å². The highest BCUT2D eigenvalue weighted by atomic mass is 35.5. The number of pyridine rings is 1. The van der Waals surface area contributed by atoms with Crippen LogP contribution in [0.1, 0.15) is 26.3 Å². The Morgan fingerprint density at radius 2 is 2.18 bits per heavy atom. The van der Waals surface area contributed by atoms with Gasteiger partial charge in [-0.2, -0.15) is 0 Å². The molecule has 1 rings (SSSR count). The van der Waals surface area contributed by atoms with Gasteiger partial charge in [0.05, 0.1) is 0 Å². The van der Waals surface area contributed by atoms with Crippen molar-refractivity contribution in [3.8, 4) is 0 Å². The fourth-order valence-corrected chi connectivity index (χ4v) is 1.68. The van der Waals surface area contributed by atoms with E-state index in [1.54, 1.807) is 12.4 Å². The number of rotatable bonds is 5. The zero-order valence-corrected chi connectivity index (χ0v) is 11.3. The van der Waals surface area contributed by atoms with Gasteiger partial charge >= 0.3 is 0 Å². The molecule has 1 unspecified atom stereocenters. The number of carbonyl (C=O) groups is 1. The predicted molar refractivity (Wildman–Crippen MR) is 69.8 cm³/mol. The van der Waals surface area contributed by atoms with Gasteiger partial charge in [-0.3, -0.25) is 9.78 Å². The summed E-state index contributed by atoms with van der Waals surface area (Å²) in [4.78, 5) is 18.0. The van der Waals surface area contributed by atoms with Crippen LogP contribution in [0.4, 0.5) is 0 Å². The molecular formula is C13H19ClN2O. The lowest BCUT2D eigenvalue weighted by Crippen LogP contribution is -2.40. The van der Waals surface area contributed by atoms with Crippen molar-refractivity contribution in [3.63, 3.8) is 0 Å². The minimum atomic E-state index is -0.143. The molecule has 1 aromatic rings. The lowest BCUT2D eigenvalue weighted by Gasteiger charge is -2.29. The van der Waals surface area contributed by atoms with Crippen molar-refractivity contribution in [3.05, 3.63) is 30.1 Å². The quantitative estimate of drug-likeness (QED) is 0.757. The number of halogens is 1. The predicted octanol–water partition coefficient (Wildman–Crippen LogP) is 2.69. The molecule has 0 bridgehead atoms. The molecule has 0 aliphatic carbocycles. The average Bonchev–Trinajstić information content (AvgIpc) is 2.35. The van der Waals surface area contributed by atoms with Gasteiger partial charge in [0, 0.05) is 36.8 Å². The Balaban J connectivity index is 2.77. The van der Waals surface area contributed by atoms with E-state index < -0.39 is 0 Å². The molecule has 0 N–H and O–H groups in total. The maximum absolute atomic E-state index is 12.1. The molecule has 0 aromatic carbocycles. The lowest BCUT2D eigenvalue weighted by atomic mass is 10.1. The normalized spacial score (nSPS) is 12.5. The molecule has 0 aliphatic heterocycles. The summed E-state index contributed by atoms with van der Waals surface area (Å²) < 4.78 is 0. The standard InChI is InChI=1S/C13H19ClN2O/c1-10(2)16(13(17)11(3)7-14)9-12-5-4-6-15-8-12/h4-6,8,10-11H,7,9H2,1-3H3. The van der Waals surface area contributed by atoms with Crippen LogP contribution >= 0.6 is 11.6 Å². The number of carbonyl (C=O) groups excluding carboxylic acids is 1. The summed E-state index contributed by atoms with van der Waals surface area (Å²) in [6.07, 6.45) is 3.51. The number of amides is 1. The number of hydrogen-bond donors (Lipinski definition) is 0. The van der Waals surface area contributed by atoms with E-state index in [4.69, 9.17) is 11.6 Å². The van der Waals surface area contributed by atoms with Gasteiger partial charge in [-0.15, -0.1) is 11.6 Å². The SMILES string of the molecule is CC(CCl)C(=O)N(Cc1cccnc1)C(C)C. The highest BCUT2D eigenvalue weighted by Gasteiger charge is 2.22. The van der Waals surface area contributed by atoms with Gasteiger partial charge in [0.15, 0.2) is 0 Å². The highest BCUT2D eigenvalue weighted by Crippen LogP contribution is 2.12. The van der Waals surface area contributed by atoms with Crippen LogP contribution in [0.2, 0.25) is 0 Å². The van der Waals surface area contributed by atoms with E-state index in [9.17, 15) is 4.79 Å². The third-order valence-corrected chi connectivity index (χ3v) is 3.10. The largest absolute Gasteiger partial charge is 0.336 e.